The van der Waals surface area contributed by atoms with Crippen molar-refractivity contribution in [3.05, 3.63) is 53.1 Å². The summed E-state index contributed by atoms with van der Waals surface area (Å²) in [5.41, 5.74) is 2.53. The zero-order valence-electron chi connectivity index (χ0n) is 23.3. The Labute approximate surface area is 233 Å². The van der Waals surface area contributed by atoms with Gasteiger partial charge in [-0.15, -0.1) is 0 Å². The third-order valence-electron chi connectivity index (χ3n) is 8.87. The highest BCUT2D eigenvalue weighted by Gasteiger charge is 2.47. The van der Waals surface area contributed by atoms with Crippen molar-refractivity contribution >= 4 is 29.3 Å². The molecule has 212 valence electrons. The maximum absolute atomic E-state index is 12.3. The number of anilines is 1. The summed E-state index contributed by atoms with van der Waals surface area (Å²) in [6.45, 7) is 0. The predicted molar refractivity (Wildman–Crippen MR) is 146 cm³/mol. The number of benzene rings is 2. The Morgan fingerprint density at radius 2 is 1.38 bits per heavy atom. The molecule has 9 heteroatoms. The Morgan fingerprint density at radius 3 is 1.93 bits per heavy atom. The Hall–Kier alpha value is -3.88. The summed E-state index contributed by atoms with van der Waals surface area (Å²) in [5.74, 6) is 1.45. The zero-order valence-corrected chi connectivity index (χ0v) is 23.3. The standard InChI is InChI=1S/C16H18O4.C15H17NO4/c1-19-13-8-10(5-6-12(13)16(18)20-2)14-9-3-4-11(7-9)15(14)17;1-19-13-8-11(5-6-12(13)15(18)20-2)16-10-4-3-9(7-10)14(16)17/h5-6,8-9,11,14H,3-4,7H2,1-2H3;5-6,8-10H,3-4,7H2,1-2H3/t9-,11+,14?;9-,10+/m01/s1. The van der Waals surface area contributed by atoms with E-state index in [4.69, 9.17) is 18.9 Å². The minimum absolute atomic E-state index is 0.0191. The first kappa shape index (κ1) is 27.7. The molecule has 2 aromatic rings. The smallest absolute Gasteiger partial charge is 0.341 e. The van der Waals surface area contributed by atoms with Gasteiger partial charge in [-0.25, -0.2) is 9.59 Å². The first-order valence-electron chi connectivity index (χ1n) is 13.7. The number of carbonyl (C=O) groups is 4. The molecule has 1 unspecified atom stereocenters. The van der Waals surface area contributed by atoms with Gasteiger partial charge in [0.1, 0.15) is 28.4 Å². The van der Waals surface area contributed by atoms with E-state index < -0.39 is 11.9 Å². The molecule has 0 spiro atoms. The van der Waals surface area contributed by atoms with Crippen LogP contribution in [0.5, 0.6) is 11.5 Å². The molecule has 0 radical (unpaired) electrons. The number of hydrogen-bond donors (Lipinski definition) is 0. The second kappa shape index (κ2) is 11.3. The van der Waals surface area contributed by atoms with E-state index in [1.165, 1.54) is 28.4 Å². The maximum atomic E-state index is 12.3. The molecule has 6 rings (SSSR count). The topological polar surface area (TPSA) is 108 Å². The average molecular weight is 550 g/mol. The first-order chi connectivity index (χ1) is 19.3. The van der Waals surface area contributed by atoms with Crippen molar-refractivity contribution in [3.63, 3.8) is 0 Å². The quantitative estimate of drug-likeness (QED) is 0.483. The lowest BCUT2D eigenvalue weighted by Crippen LogP contribution is -2.36. The van der Waals surface area contributed by atoms with Crippen LogP contribution in [0.15, 0.2) is 36.4 Å². The van der Waals surface area contributed by atoms with E-state index in [2.05, 4.69) is 0 Å². The molecule has 4 bridgehead atoms. The van der Waals surface area contributed by atoms with Crippen molar-refractivity contribution in [2.75, 3.05) is 33.3 Å². The number of Topliss-reactive ketones (excluding diaryl/α,β-unsaturated/α-hetero) is 1. The Morgan fingerprint density at radius 1 is 0.750 bits per heavy atom. The zero-order chi connectivity index (χ0) is 28.6. The van der Waals surface area contributed by atoms with Crippen molar-refractivity contribution in [1.29, 1.82) is 0 Å². The molecule has 1 heterocycles. The van der Waals surface area contributed by atoms with Gasteiger partial charge in [0.25, 0.3) is 0 Å². The lowest BCUT2D eigenvalue weighted by atomic mass is 9.82. The van der Waals surface area contributed by atoms with E-state index in [1.807, 2.05) is 17.0 Å². The van der Waals surface area contributed by atoms with E-state index in [0.717, 1.165) is 49.8 Å². The number of esters is 2. The molecule has 0 aromatic heterocycles. The summed E-state index contributed by atoms with van der Waals surface area (Å²) in [5, 5.41) is 0. The number of fused-ring (bicyclic) bond motifs is 4. The fourth-order valence-electron chi connectivity index (χ4n) is 6.92. The number of piperidine rings is 1. The van der Waals surface area contributed by atoms with Gasteiger partial charge in [0, 0.05) is 35.5 Å². The van der Waals surface area contributed by atoms with Gasteiger partial charge in [0.15, 0.2) is 0 Å². The molecule has 40 heavy (non-hydrogen) atoms. The monoisotopic (exact) mass is 549 g/mol. The van der Waals surface area contributed by atoms with Gasteiger partial charge in [-0.2, -0.15) is 0 Å². The van der Waals surface area contributed by atoms with Gasteiger partial charge in [0.05, 0.1) is 28.4 Å². The number of methoxy groups -OCH3 is 4. The summed E-state index contributed by atoms with van der Waals surface area (Å²) in [7, 11) is 5.70. The van der Waals surface area contributed by atoms with Crippen LogP contribution in [0, 0.1) is 17.8 Å². The summed E-state index contributed by atoms with van der Waals surface area (Å²) >= 11 is 0. The summed E-state index contributed by atoms with van der Waals surface area (Å²) in [6.07, 6.45) is 6.18. The average Bonchev–Trinajstić information content (AvgIpc) is 3.78. The van der Waals surface area contributed by atoms with E-state index in [-0.39, 0.29) is 23.7 Å². The van der Waals surface area contributed by atoms with Crippen molar-refractivity contribution < 1.29 is 38.1 Å². The number of hydrogen-bond acceptors (Lipinski definition) is 8. The second-order valence-corrected chi connectivity index (χ2v) is 10.8. The minimum atomic E-state index is -0.442. The van der Waals surface area contributed by atoms with Gasteiger partial charge < -0.3 is 23.8 Å². The number of ketones is 1. The molecular weight excluding hydrogens is 514 g/mol. The van der Waals surface area contributed by atoms with Gasteiger partial charge >= 0.3 is 11.9 Å². The van der Waals surface area contributed by atoms with E-state index in [0.29, 0.717) is 40.4 Å². The largest absolute Gasteiger partial charge is 0.496 e. The van der Waals surface area contributed by atoms with Crippen LogP contribution in [0.25, 0.3) is 0 Å². The van der Waals surface area contributed by atoms with E-state index in [9.17, 15) is 19.2 Å². The molecule has 1 saturated heterocycles. The number of amides is 1. The molecule has 1 amide bonds. The fraction of sp³-hybridized carbons (Fsp3) is 0.484. The number of carbonyl (C=O) groups excluding carboxylic acids is 4. The number of ether oxygens (including phenoxy) is 4. The highest BCUT2D eigenvalue weighted by Crippen LogP contribution is 2.51. The highest BCUT2D eigenvalue weighted by molar-refractivity contribution is 6.00. The number of rotatable bonds is 6. The SMILES string of the molecule is COC(=O)c1ccc(C2C(=O)[C@@H]3CC[C@H]2C3)cc1OC.COC(=O)c1ccc(N2C(=O)[C@@H]3CC[C@H]2C3)cc1OC. The summed E-state index contributed by atoms with van der Waals surface area (Å²) in [4.78, 5) is 49.7. The van der Waals surface area contributed by atoms with Crippen LogP contribution in [-0.4, -0.2) is 58.1 Å². The van der Waals surface area contributed by atoms with Crippen molar-refractivity contribution in [2.45, 2.75) is 50.5 Å². The third-order valence-corrected chi connectivity index (χ3v) is 8.87. The van der Waals surface area contributed by atoms with Gasteiger partial charge in [-0.1, -0.05) is 6.07 Å². The molecule has 4 aliphatic rings. The Kier molecular flexibility index (Phi) is 7.83. The van der Waals surface area contributed by atoms with Crippen LogP contribution >= 0.6 is 0 Å². The molecular formula is C31H35NO8. The maximum Gasteiger partial charge on any atom is 0.341 e. The van der Waals surface area contributed by atoms with Crippen molar-refractivity contribution in [2.24, 2.45) is 17.8 Å². The van der Waals surface area contributed by atoms with Gasteiger partial charge in [-0.05, 0) is 74.3 Å². The molecule has 5 atom stereocenters. The van der Waals surface area contributed by atoms with Crippen LogP contribution in [0.2, 0.25) is 0 Å². The van der Waals surface area contributed by atoms with Gasteiger partial charge in [0.2, 0.25) is 5.91 Å². The van der Waals surface area contributed by atoms with Crippen LogP contribution in [0.1, 0.15) is 70.7 Å². The Bertz CT molecular complexity index is 1240. The Balaban J connectivity index is 0.000000161. The minimum Gasteiger partial charge on any atom is -0.496 e. The molecule has 2 aromatic carbocycles. The van der Waals surface area contributed by atoms with Crippen LogP contribution < -0.4 is 14.4 Å². The lowest BCUT2D eigenvalue weighted by molar-refractivity contribution is -0.123. The van der Waals surface area contributed by atoms with Crippen LogP contribution in [-0.2, 0) is 19.1 Å². The molecule has 9 nitrogen and oxygen atoms in total. The second-order valence-electron chi connectivity index (χ2n) is 10.8. The van der Waals surface area contributed by atoms with Crippen molar-refractivity contribution in [3.8, 4) is 11.5 Å². The third kappa shape index (κ3) is 4.82. The van der Waals surface area contributed by atoms with Crippen LogP contribution in [0.3, 0.4) is 0 Å². The predicted octanol–water partition coefficient (Wildman–Crippen LogP) is 4.56. The molecule has 3 aliphatic carbocycles. The van der Waals surface area contributed by atoms with E-state index in [1.54, 1.807) is 24.3 Å². The molecule has 3 saturated carbocycles. The molecule has 0 N–H and O–H groups in total. The number of nitrogens with zero attached hydrogens (tertiary/aromatic N) is 1. The van der Waals surface area contributed by atoms with E-state index >= 15 is 0 Å². The van der Waals surface area contributed by atoms with Crippen LogP contribution in [0.4, 0.5) is 5.69 Å². The first-order valence-corrected chi connectivity index (χ1v) is 13.7. The summed E-state index contributed by atoms with van der Waals surface area (Å²) in [6, 6.07) is 10.8. The highest BCUT2D eigenvalue weighted by atomic mass is 16.5. The van der Waals surface area contributed by atoms with Gasteiger partial charge in [-0.3, -0.25) is 9.59 Å². The summed E-state index contributed by atoms with van der Waals surface area (Å²) < 4.78 is 20.0. The molecule has 4 fully saturated rings. The fourth-order valence-corrected chi connectivity index (χ4v) is 6.92. The molecule has 1 aliphatic heterocycles. The van der Waals surface area contributed by atoms with Crippen molar-refractivity contribution in [1.82, 2.24) is 0 Å². The lowest BCUT2D eigenvalue weighted by Gasteiger charge is -2.27. The normalized spacial score (nSPS) is 25.9.